The SMILES string of the molecule is O=C(NCc1cccnc1)[C@H]1C[C@]12CCN(C(=O)Nc1ccc(F)cc1)C2. The molecule has 2 heterocycles. The van der Waals surface area contributed by atoms with Crippen LogP contribution < -0.4 is 10.6 Å². The van der Waals surface area contributed by atoms with Crippen molar-refractivity contribution in [2.75, 3.05) is 18.4 Å². The van der Waals surface area contributed by atoms with Gasteiger partial charge in [0.15, 0.2) is 0 Å². The standard InChI is InChI=1S/C20H21FN4O2/c21-15-3-5-16(6-4-15)24-19(27)25-9-7-20(13-25)10-17(20)18(26)23-12-14-2-1-8-22-11-14/h1-6,8,11,17H,7,9-10,12-13H2,(H,23,26)(H,24,27)/t17-,20+/m1/s1. The normalized spacial score (nSPS) is 23.3. The summed E-state index contributed by atoms with van der Waals surface area (Å²) in [5.41, 5.74) is 1.43. The van der Waals surface area contributed by atoms with Gasteiger partial charge < -0.3 is 15.5 Å². The molecule has 2 atom stereocenters. The molecule has 1 saturated carbocycles. The Balaban J connectivity index is 1.28. The minimum atomic E-state index is -0.341. The van der Waals surface area contributed by atoms with Crippen molar-refractivity contribution < 1.29 is 14.0 Å². The van der Waals surface area contributed by atoms with Gasteiger partial charge in [0.2, 0.25) is 5.91 Å². The molecule has 1 aromatic carbocycles. The summed E-state index contributed by atoms with van der Waals surface area (Å²) in [4.78, 5) is 30.6. The number of likely N-dealkylation sites (tertiary alicyclic amines) is 1. The first kappa shape index (κ1) is 17.5. The highest BCUT2D eigenvalue weighted by atomic mass is 19.1. The summed E-state index contributed by atoms with van der Waals surface area (Å²) in [5.74, 6) is -0.344. The number of carbonyl (C=O) groups is 2. The fraction of sp³-hybridized carbons (Fsp3) is 0.350. The topological polar surface area (TPSA) is 74.3 Å². The number of halogens is 1. The number of hydrogen-bond donors (Lipinski definition) is 2. The molecule has 1 aliphatic heterocycles. The maximum absolute atomic E-state index is 13.0. The van der Waals surface area contributed by atoms with Gasteiger partial charge in [-0.3, -0.25) is 9.78 Å². The van der Waals surface area contributed by atoms with Gasteiger partial charge in [-0.2, -0.15) is 0 Å². The van der Waals surface area contributed by atoms with Gasteiger partial charge in [0.25, 0.3) is 0 Å². The summed E-state index contributed by atoms with van der Waals surface area (Å²) >= 11 is 0. The minimum absolute atomic E-state index is 0.0413. The molecule has 2 aromatic rings. The van der Waals surface area contributed by atoms with Crippen LogP contribution in [-0.4, -0.2) is 34.9 Å². The molecule has 1 spiro atoms. The van der Waals surface area contributed by atoms with E-state index in [1.807, 2.05) is 12.1 Å². The molecular formula is C20H21FN4O2. The molecule has 7 heteroatoms. The first-order chi connectivity index (χ1) is 13.1. The number of benzene rings is 1. The van der Waals surface area contributed by atoms with E-state index in [4.69, 9.17) is 0 Å². The molecule has 1 aliphatic carbocycles. The summed E-state index contributed by atoms with van der Waals surface area (Å²) in [6.45, 7) is 1.67. The van der Waals surface area contributed by atoms with Crippen LogP contribution in [0.1, 0.15) is 18.4 Å². The number of aromatic nitrogens is 1. The van der Waals surface area contributed by atoms with Crippen molar-refractivity contribution in [1.82, 2.24) is 15.2 Å². The highest BCUT2D eigenvalue weighted by Gasteiger charge is 2.61. The number of rotatable bonds is 4. The van der Waals surface area contributed by atoms with Crippen molar-refractivity contribution in [3.8, 4) is 0 Å². The number of anilines is 1. The maximum Gasteiger partial charge on any atom is 0.321 e. The molecule has 140 valence electrons. The van der Waals surface area contributed by atoms with E-state index in [9.17, 15) is 14.0 Å². The van der Waals surface area contributed by atoms with Gasteiger partial charge in [-0.25, -0.2) is 9.18 Å². The molecule has 1 aromatic heterocycles. The number of nitrogens with zero attached hydrogens (tertiary/aromatic N) is 2. The number of carbonyl (C=O) groups excluding carboxylic acids is 2. The summed E-state index contributed by atoms with van der Waals surface area (Å²) in [6.07, 6.45) is 5.08. The smallest absolute Gasteiger partial charge is 0.321 e. The van der Waals surface area contributed by atoms with Crippen molar-refractivity contribution in [2.24, 2.45) is 11.3 Å². The van der Waals surface area contributed by atoms with Crippen LogP contribution in [0.15, 0.2) is 48.8 Å². The van der Waals surface area contributed by atoms with Gasteiger partial charge in [-0.1, -0.05) is 6.07 Å². The van der Waals surface area contributed by atoms with Crippen LogP contribution in [0, 0.1) is 17.2 Å². The summed E-state index contributed by atoms with van der Waals surface area (Å²) in [5, 5.41) is 5.75. The van der Waals surface area contributed by atoms with Crippen molar-refractivity contribution in [3.63, 3.8) is 0 Å². The van der Waals surface area contributed by atoms with Crippen molar-refractivity contribution in [3.05, 3.63) is 60.2 Å². The van der Waals surface area contributed by atoms with E-state index in [-0.39, 0.29) is 29.1 Å². The van der Waals surface area contributed by atoms with Crippen LogP contribution in [0.3, 0.4) is 0 Å². The summed E-state index contributed by atoms with van der Waals surface area (Å²) < 4.78 is 13.0. The lowest BCUT2D eigenvalue weighted by atomic mass is 10.0. The van der Waals surface area contributed by atoms with E-state index in [2.05, 4.69) is 15.6 Å². The molecule has 0 radical (unpaired) electrons. The lowest BCUT2D eigenvalue weighted by Crippen LogP contribution is -2.34. The Kier molecular flexibility index (Phi) is 4.51. The molecule has 2 N–H and O–H groups in total. The predicted octanol–water partition coefficient (Wildman–Crippen LogP) is 2.78. The molecule has 0 bridgehead atoms. The lowest BCUT2D eigenvalue weighted by molar-refractivity contribution is -0.123. The predicted molar refractivity (Wildman–Crippen MR) is 98.2 cm³/mol. The number of amides is 3. The zero-order valence-electron chi connectivity index (χ0n) is 14.8. The summed E-state index contributed by atoms with van der Waals surface area (Å²) in [6, 6.07) is 9.24. The quantitative estimate of drug-likeness (QED) is 0.871. The van der Waals surface area contributed by atoms with E-state index < -0.39 is 0 Å². The number of pyridine rings is 1. The van der Waals surface area contributed by atoms with Crippen LogP contribution in [-0.2, 0) is 11.3 Å². The Hall–Kier alpha value is -2.96. The third-order valence-electron chi connectivity index (χ3n) is 5.46. The third kappa shape index (κ3) is 3.77. The molecule has 2 fully saturated rings. The van der Waals surface area contributed by atoms with E-state index in [1.165, 1.54) is 24.3 Å². The second kappa shape index (κ2) is 6.98. The number of hydrogen-bond acceptors (Lipinski definition) is 3. The third-order valence-corrected chi connectivity index (χ3v) is 5.46. The van der Waals surface area contributed by atoms with Gasteiger partial charge in [0.1, 0.15) is 5.82 Å². The van der Waals surface area contributed by atoms with Gasteiger partial charge in [-0.15, -0.1) is 0 Å². The zero-order chi connectivity index (χ0) is 18.9. The van der Waals surface area contributed by atoms with Crippen molar-refractivity contribution >= 4 is 17.6 Å². The van der Waals surface area contributed by atoms with E-state index in [1.54, 1.807) is 17.3 Å². The minimum Gasteiger partial charge on any atom is -0.352 e. The Labute approximate surface area is 156 Å². The van der Waals surface area contributed by atoms with Gasteiger partial charge in [0.05, 0.1) is 0 Å². The van der Waals surface area contributed by atoms with Crippen molar-refractivity contribution in [2.45, 2.75) is 19.4 Å². The average Bonchev–Trinajstić information content (AvgIpc) is 3.22. The molecule has 1 saturated heterocycles. The van der Waals surface area contributed by atoms with Crippen LogP contribution in [0.5, 0.6) is 0 Å². The highest BCUT2D eigenvalue weighted by Crippen LogP contribution is 2.58. The molecule has 6 nitrogen and oxygen atoms in total. The Morgan fingerprint density at radius 1 is 1.26 bits per heavy atom. The molecular weight excluding hydrogens is 347 g/mol. The van der Waals surface area contributed by atoms with Crippen LogP contribution >= 0.6 is 0 Å². The molecule has 27 heavy (non-hydrogen) atoms. The second-order valence-corrected chi connectivity index (χ2v) is 7.31. The molecule has 4 rings (SSSR count). The fourth-order valence-electron chi connectivity index (χ4n) is 3.79. The lowest BCUT2D eigenvalue weighted by Gasteiger charge is -2.17. The van der Waals surface area contributed by atoms with E-state index in [0.29, 0.717) is 25.3 Å². The monoisotopic (exact) mass is 368 g/mol. The van der Waals surface area contributed by atoms with Crippen LogP contribution in [0.4, 0.5) is 14.9 Å². The molecule has 3 amide bonds. The van der Waals surface area contributed by atoms with E-state index in [0.717, 1.165) is 18.4 Å². The van der Waals surface area contributed by atoms with Gasteiger partial charge >= 0.3 is 6.03 Å². The average molecular weight is 368 g/mol. The Morgan fingerprint density at radius 3 is 2.81 bits per heavy atom. The van der Waals surface area contributed by atoms with Gasteiger partial charge in [-0.05, 0) is 48.7 Å². The molecule has 2 aliphatic rings. The van der Waals surface area contributed by atoms with Crippen LogP contribution in [0.2, 0.25) is 0 Å². The van der Waals surface area contributed by atoms with Crippen molar-refractivity contribution in [1.29, 1.82) is 0 Å². The first-order valence-electron chi connectivity index (χ1n) is 9.04. The fourth-order valence-corrected chi connectivity index (χ4v) is 3.79. The highest BCUT2D eigenvalue weighted by molar-refractivity contribution is 5.90. The first-order valence-corrected chi connectivity index (χ1v) is 9.04. The largest absolute Gasteiger partial charge is 0.352 e. The number of nitrogens with one attached hydrogen (secondary N) is 2. The van der Waals surface area contributed by atoms with Crippen LogP contribution in [0.25, 0.3) is 0 Å². The maximum atomic E-state index is 13.0. The molecule has 0 unspecified atom stereocenters. The van der Waals surface area contributed by atoms with E-state index >= 15 is 0 Å². The van der Waals surface area contributed by atoms with Gasteiger partial charge in [0, 0.05) is 49.0 Å². The second-order valence-electron chi connectivity index (χ2n) is 7.31. The summed E-state index contributed by atoms with van der Waals surface area (Å²) in [7, 11) is 0. The Morgan fingerprint density at radius 2 is 2.07 bits per heavy atom. The number of urea groups is 1. The Bertz CT molecular complexity index is 843. The zero-order valence-corrected chi connectivity index (χ0v) is 14.8.